The van der Waals surface area contributed by atoms with Crippen LogP contribution >= 0.6 is 0 Å². The van der Waals surface area contributed by atoms with Crippen molar-refractivity contribution < 1.29 is 38.8 Å². The molecule has 10 heteroatoms. The van der Waals surface area contributed by atoms with Crippen LogP contribution in [0.4, 0.5) is 0 Å². The highest BCUT2D eigenvalue weighted by atomic mass is 16.5. The van der Waals surface area contributed by atoms with Crippen LogP contribution < -0.4 is 14.8 Å². The first kappa shape index (κ1) is 27.6. The summed E-state index contributed by atoms with van der Waals surface area (Å²) < 4.78 is 17.6. The summed E-state index contributed by atoms with van der Waals surface area (Å²) in [6.07, 6.45) is 6.58. The lowest BCUT2D eigenvalue weighted by molar-refractivity contribution is -0.140. The Morgan fingerprint density at radius 1 is 1.21 bits per heavy atom. The number of amides is 2. The summed E-state index contributed by atoms with van der Waals surface area (Å²) in [7, 11) is 1.46. The van der Waals surface area contributed by atoms with Gasteiger partial charge in [-0.15, -0.1) is 0 Å². The molecule has 0 radical (unpaired) electrons. The fraction of sp³-hybridized carbons (Fsp3) is 0.621. The molecule has 212 valence electrons. The largest absolute Gasteiger partial charge is 0.493 e. The van der Waals surface area contributed by atoms with Crippen LogP contribution in [0.1, 0.15) is 66.8 Å². The number of ether oxygens (including phenoxy) is 3. The minimum atomic E-state index is -1.14. The van der Waals surface area contributed by atoms with Gasteiger partial charge < -0.3 is 34.6 Å². The number of nitrogens with zero attached hydrogens (tertiary/aromatic N) is 1. The van der Waals surface area contributed by atoms with Gasteiger partial charge in [0.1, 0.15) is 18.5 Å². The highest BCUT2D eigenvalue weighted by Gasteiger charge is 2.51. The molecule has 2 aliphatic heterocycles. The molecule has 2 fully saturated rings. The number of hydrogen-bond donors (Lipinski definition) is 3. The Bertz CT molecular complexity index is 1110. The fourth-order valence-corrected chi connectivity index (χ4v) is 6.53. The molecule has 5 atom stereocenters. The van der Waals surface area contributed by atoms with Crippen molar-refractivity contribution in [3.05, 3.63) is 34.9 Å². The van der Waals surface area contributed by atoms with E-state index >= 15 is 0 Å². The predicted octanol–water partition coefficient (Wildman–Crippen LogP) is 1.72. The van der Waals surface area contributed by atoms with Gasteiger partial charge in [0.25, 0.3) is 0 Å². The molecule has 2 amide bonds. The molecule has 0 bridgehead atoms. The Morgan fingerprint density at radius 2 is 2.00 bits per heavy atom. The van der Waals surface area contributed by atoms with Gasteiger partial charge in [0.15, 0.2) is 11.5 Å². The van der Waals surface area contributed by atoms with Crippen LogP contribution in [0.3, 0.4) is 0 Å². The van der Waals surface area contributed by atoms with Gasteiger partial charge in [-0.1, -0.05) is 12.8 Å². The van der Waals surface area contributed by atoms with E-state index < -0.39 is 30.1 Å². The maximum Gasteiger partial charge on any atom is 0.247 e. The Balaban J connectivity index is 1.54. The van der Waals surface area contributed by atoms with E-state index in [0.29, 0.717) is 60.0 Å². The van der Waals surface area contributed by atoms with Crippen molar-refractivity contribution in [1.82, 2.24) is 10.2 Å². The molecule has 1 aromatic carbocycles. The van der Waals surface area contributed by atoms with Gasteiger partial charge >= 0.3 is 0 Å². The Morgan fingerprint density at radius 3 is 2.67 bits per heavy atom. The molecule has 1 saturated heterocycles. The average Bonchev–Trinajstić information content (AvgIpc) is 3.72. The molecule has 39 heavy (non-hydrogen) atoms. The summed E-state index contributed by atoms with van der Waals surface area (Å²) in [5.74, 6) is -0.177. The Hall–Kier alpha value is -2.95. The number of fused-ring (bicyclic) bond motifs is 3. The van der Waals surface area contributed by atoms with E-state index in [0.717, 1.165) is 38.5 Å². The monoisotopic (exact) mass is 542 g/mol. The van der Waals surface area contributed by atoms with E-state index in [9.17, 15) is 24.6 Å². The second kappa shape index (κ2) is 12.1. The molecular weight excluding hydrogens is 504 g/mol. The third kappa shape index (κ3) is 5.55. The SMILES string of the molecule is COc1cc(C=O)cc2c1OC1C2C(C(=O)NCCO)=CC(N(CC2CCCO2)C(=O)CC2CCCC2)C1O. The number of benzene rings is 1. The van der Waals surface area contributed by atoms with E-state index in [4.69, 9.17) is 14.2 Å². The number of carbonyl (C=O) groups excluding carboxylic acids is 3. The lowest BCUT2D eigenvalue weighted by Gasteiger charge is -2.41. The summed E-state index contributed by atoms with van der Waals surface area (Å²) in [6, 6.07) is 2.38. The summed E-state index contributed by atoms with van der Waals surface area (Å²) in [5, 5.41) is 23.8. The Kier molecular flexibility index (Phi) is 8.54. The molecule has 3 N–H and O–H groups in total. The third-order valence-electron chi connectivity index (χ3n) is 8.45. The van der Waals surface area contributed by atoms with Crippen molar-refractivity contribution in [2.75, 3.05) is 33.4 Å². The molecule has 0 spiro atoms. The Labute approximate surface area is 228 Å². The smallest absolute Gasteiger partial charge is 0.247 e. The third-order valence-corrected chi connectivity index (χ3v) is 8.45. The average molecular weight is 543 g/mol. The zero-order valence-corrected chi connectivity index (χ0v) is 22.3. The first-order valence-corrected chi connectivity index (χ1v) is 14.0. The van der Waals surface area contributed by atoms with Gasteiger partial charge in [-0.05, 0) is 49.8 Å². The first-order valence-electron chi connectivity index (χ1n) is 14.0. The van der Waals surface area contributed by atoms with Crippen molar-refractivity contribution >= 4 is 18.1 Å². The predicted molar refractivity (Wildman–Crippen MR) is 141 cm³/mol. The summed E-state index contributed by atoms with van der Waals surface area (Å²) in [4.78, 5) is 40.5. The minimum absolute atomic E-state index is 0.0480. The first-order chi connectivity index (χ1) is 18.9. The van der Waals surface area contributed by atoms with Gasteiger partial charge in [-0.2, -0.15) is 0 Å². The van der Waals surface area contributed by atoms with E-state index in [1.165, 1.54) is 7.11 Å². The number of rotatable bonds is 10. The summed E-state index contributed by atoms with van der Waals surface area (Å²) in [6.45, 7) is 0.764. The molecule has 2 aliphatic carbocycles. The van der Waals surface area contributed by atoms with Gasteiger partial charge in [0, 0.05) is 42.8 Å². The second-order valence-electron chi connectivity index (χ2n) is 10.9. The molecule has 0 aromatic heterocycles. The highest BCUT2D eigenvalue weighted by Crippen LogP contribution is 2.51. The molecule has 5 unspecified atom stereocenters. The number of carbonyl (C=O) groups is 3. The van der Waals surface area contributed by atoms with Gasteiger partial charge in [0.2, 0.25) is 11.8 Å². The minimum Gasteiger partial charge on any atom is -0.493 e. The lowest BCUT2D eigenvalue weighted by Crippen LogP contribution is -2.57. The molecular formula is C29H38N2O8. The molecule has 5 rings (SSSR count). The number of aliphatic hydroxyl groups excluding tert-OH is 2. The number of aliphatic hydroxyl groups is 2. The topological polar surface area (TPSA) is 135 Å². The van der Waals surface area contributed by atoms with Crippen molar-refractivity contribution in [2.24, 2.45) is 5.92 Å². The van der Waals surface area contributed by atoms with E-state index in [1.54, 1.807) is 23.1 Å². The standard InChI is InChI=1S/C29H38N2O8/c1-37-23-12-18(16-33)11-20-25-21(29(36)30-8-9-32)14-22(26(35)28(25)39-27(20)23)31(15-19-7-4-10-38-19)24(34)13-17-5-2-3-6-17/h11-12,14,16-17,19,22,25-26,28,32,35H,2-10,13,15H2,1H3,(H,30,36). The number of nitrogens with one attached hydrogen (secondary N) is 1. The van der Waals surface area contributed by atoms with E-state index in [1.807, 2.05) is 0 Å². The fourth-order valence-electron chi connectivity index (χ4n) is 6.53. The van der Waals surface area contributed by atoms with Crippen LogP contribution in [0.25, 0.3) is 0 Å². The van der Waals surface area contributed by atoms with Crippen LogP contribution in [-0.2, 0) is 14.3 Å². The normalized spacial score (nSPS) is 27.8. The van der Waals surface area contributed by atoms with Crippen molar-refractivity contribution in [3.8, 4) is 11.5 Å². The zero-order valence-electron chi connectivity index (χ0n) is 22.3. The van der Waals surface area contributed by atoms with Gasteiger partial charge in [-0.3, -0.25) is 14.4 Å². The van der Waals surface area contributed by atoms with Crippen LogP contribution in [0.5, 0.6) is 11.5 Å². The zero-order chi connectivity index (χ0) is 27.5. The molecule has 1 aromatic rings. The van der Waals surface area contributed by atoms with Gasteiger partial charge in [-0.25, -0.2) is 0 Å². The maximum atomic E-state index is 13.8. The quantitative estimate of drug-likeness (QED) is 0.381. The van der Waals surface area contributed by atoms with E-state index in [2.05, 4.69) is 5.32 Å². The lowest BCUT2D eigenvalue weighted by atomic mass is 9.77. The molecule has 4 aliphatic rings. The van der Waals surface area contributed by atoms with Crippen molar-refractivity contribution in [2.45, 2.75) is 75.2 Å². The van der Waals surface area contributed by atoms with Gasteiger partial charge in [0.05, 0.1) is 31.8 Å². The van der Waals surface area contributed by atoms with Crippen LogP contribution in [0.2, 0.25) is 0 Å². The number of aldehydes is 1. The highest BCUT2D eigenvalue weighted by molar-refractivity contribution is 5.96. The van der Waals surface area contributed by atoms with Crippen LogP contribution in [0, 0.1) is 5.92 Å². The number of hydrogen-bond acceptors (Lipinski definition) is 8. The summed E-state index contributed by atoms with van der Waals surface area (Å²) >= 11 is 0. The molecule has 10 nitrogen and oxygen atoms in total. The van der Waals surface area contributed by atoms with Crippen LogP contribution in [-0.4, -0.2) is 91.0 Å². The van der Waals surface area contributed by atoms with Crippen molar-refractivity contribution in [1.29, 1.82) is 0 Å². The van der Waals surface area contributed by atoms with Crippen molar-refractivity contribution in [3.63, 3.8) is 0 Å². The maximum absolute atomic E-state index is 13.8. The second-order valence-corrected chi connectivity index (χ2v) is 10.9. The number of methoxy groups -OCH3 is 1. The van der Waals surface area contributed by atoms with Crippen LogP contribution in [0.15, 0.2) is 23.8 Å². The molecule has 1 saturated carbocycles. The van der Waals surface area contributed by atoms with E-state index in [-0.39, 0.29) is 25.2 Å². The summed E-state index contributed by atoms with van der Waals surface area (Å²) in [5.41, 5.74) is 1.24. The molecule has 2 heterocycles.